The summed E-state index contributed by atoms with van der Waals surface area (Å²) < 4.78 is 10.7. The summed E-state index contributed by atoms with van der Waals surface area (Å²) in [6.07, 6.45) is 3.12. The minimum Gasteiger partial charge on any atom is -0.466 e. The van der Waals surface area contributed by atoms with Gasteiger partial charge in [0.05, 0.1) is 18.7 Å². The Kier molecular flexibility index (Phi) is 4.10. The molecule has 1 aliphatic rings. The number of esters is 1. The van der Waals surface area contributed by atoms with Gasteiger partial charge >= 0.3 is 5.97 Å². The molecule has 4 heteroatoms. The third-order valence-corrected chi connectivity index (χ3v) is 4.75. The highest BCUT2D eigenvalue weighted by atomic mass is 16.5. The Bertz CT molecular complexity index is 858. The molecule has 2 aromatic carbocycles. The van der Waals surface area contributed by atoms with E-state index in [9.17, 15) is 4.79 Å². The third kappa shape index (κ3) is 2.95. The zero-order valence-corrected chi connectivity index (χ0v) is 14.0. The highest BCUT2D eigenvalue weighted by Gasteiger charge is 2.57. The van der Waals surface area contributed by atoms with E-state index in [4.69, 9.17) is 9.15 Å². The topological polar surface area (TPSA) is 52.3 Å². The molecule has 0 aliphatic heterocycles. The predicted molar refractivity (Wildman–Crippen MR) is 94.0 cm³/mol. The number of oxazole rings is 1. The molecule has 1 aliphatic carbocycles. The Hall–Kier alpha value is -2.88. The number of carbonyl (C=O) groups excluding carboxylic acids is 1. The van der Waals surface area contributed by atoms with Crippen LogP contribution in [0, 0.1) is 5.92 Å². The van der Waals surface area contributed by atoms with Crippen molar-refractivity contribution >= 4 is 5.97 Å². The molecule has 4 rings (SSSR count). The van der Waals surface area contributed by atoms with E-state index in [1.165, 1.54) is 12.0 Å². The summed E-state index contributed by atoms with van der Waals surface area (Å²) in [4.78, 5) is 16.4. The van der Waals surface area contributed by atoms with Gasteiger partial charge in [0.1, 0.15) is 0 Å². The molecule has 0 saturated heterocycles. The van der Waals surface area contributed by atoms with Crippen molar-refractivity contribution in [2.75, 3.05) is 6.61 Å². The van der Waals surface area contributed by atoms with Crippen molar-refractivity contribution in [3.05, 3.63) is 78.3 Å². The van der Waals surface area contributed by atoms with Crippen LogP contribution in [0.4, 0.5) is 0 Å². The van der Waals surface area contributed by atoms with E-state index in [0.29, 0.717) is 6.61 Å². The average Bonchev–Trinajstić information content (AvgIpc) is 3.16. The molecule has 4 nitrogen and oxygen atoms in total. The zero-order valence-electron chi connectivity index (χ0n) is 14.0. The van der Waals surface area contributed by atoms with Crippen molar-refractivity contribution in [3.63, 3.8) is 0 Å². The van der Waals surface area contributed by atoms with Gasteiger partial charge in [-0.25, -0.2) is 4.98 Å². The summed E-state index contributed by atoms with van der Waals surface area (Å²) in [6, 6.07) is 18.3. The largest absolute Gasteiger partial charge is 0.466 e. The second-order valence-corrected chi connectivity index (χ2v) is 6.23. The van der Waals surface area contributed by atoms with Gasteiger partial charge in [0.25, 0.3) is 0 Å². The molecule has 1 saturated carbocycles. The molecule has 25 heavy (non-hydrogen) atoms. The van der Waals surface area contributed by atoms with E-state index < -0.39 is 0 Å². The highest BCUT2D eigenvalue weighted by Crippen LogP contribution is 2.61. The standard InChI is InChI=1S/C21H19NO3/c1-2-24-21(23)20-18(14-7-4-3-5-8-14)19(20)16-10-6-9-15(11-16)17-12-22-13-25-17/h3-13,18-20H,2H2,1H3. The van der Waals surface area contributed by atoms with E-state index in [1.54, 1.807) is 6.20 Å². The molecule has 0 bridgehead atoms. The van der Waals surface area contributed by atoms with Gasteiger partial charge in [0.2, 0.25) is 0 Å². The van der Waals surface area contributed by atoms with E-state index in [0.717, 1.165) is 16.9 Å². The number of hydrogen-bond donors (Lipinski definition) is 0. The number of rotatable bonds is 5. The molecule has 126 valence electrons. The van der Waals surface area contributed by atoms with Crippen LogP contribution >= 0.6 is 0 Å². The molecule has 0 spiro atoms. The number of carbonyl (C=O) groups is 1. The number of ether oxygens (including phenoxy) is 1. The van der Waals surface area contributed by atoms with Crippen LogP contribution in [0.1, 0.15) is 29.9 Å². The molecule has 1 aromatic heterocycles. The average molecular weight is 333 g/mol. The normalized spacial score (nSPS) is 21.7. The number of aromatic nitrogens is 1. The van der Waals surface area contributed by atoms with Crippen molar-refractivity contribution in [3.8, 4) is 11.3 Å². The van der Waals surface area contributed by atoms with E-state index in [2.05, 4.69) is 29.2 Å². The van der Waals surface area contributed by atoms with Crippen molar-refractivity contribution < 1.29 is 13.9 Å². The molecule has 0 N–H and O–H groups in total. The van der Waals surface area contributed by atoms with Gasteiger partial charge in [-0.2, -0.15) is 0 Å². The lowest BCUT2D eigenvalue weighted by molar-refractivity contribution is -0.144. The quantitative estimate of drug-likeness (QED) is 0.649. The lowest BCUT2D eigenvalue weighted by atomic mass is 10.0. The first-order valence-corrected chi connectivity index (χ1v) is 8.50. The maximum atomic E-state index is 12.4. The third-order valence-electron chi connectivity index (χ3n) is 4.75. The van der Waals surface area contributed by atoms with Gasteiger partial charge in [0.15, 0.2) is 12.2 Å². The Balaban J connectivity index is 1.68. The second kappa shape index (κ2) is 6.55. The van der Waals surface area contributed by atoms with Crippen LogP contribution in [0.5, 0.6) is 0 Å². The van der Waals surface area contributed by atoms with Crippen LogP contribution in [-0.4, -0.2) is 17.6 Å². The van der Waals surface area contributed by atoms with Crippen molar-refractivity contribution in [2.45, 2.75) is 18.8 Å². The van der Waals surface area contributed by atoms with Crippen LogP contribution in [0.3, 0.4) is 0 Å². The van der Waals surface area contributed by atoms with Crippen LogP contribution in [-0.2, 0) is 9.53 Å². The Morgan fingerprint density at radius 3 is 2.56 bits per heavy atom. The first-order chi connectivity index (χ1) is 12.3. The minimum atomic E-state index is -0.132. The first kappa shape index (κ1) is 15.6. The summed E-state index contributed by atoms with van der Waals surface area (Å²) in [7, 11) is 0. The maximum absolute atomic E-state index is 12.4. The minimum absolute atomic E-state index is 0.119. The van der Waals surface area contributed by atoms with Crippen LogP contribution in [0.2, 0.25) is 0 Å². The van der Waals surface area contributed by atoms with Crippen LogP contribution < -0.4 is 0 Å². The van der Waals surface area contributed by atoms with Crippen molar-refractivity contribution in [2.24, 2.45) is 5.92 Å². The zero-order chi connectivity index (χ0) is 17.2. The molecular formula is C21H19NO3. The van der Waals surface area contributed by atoms with Crippen molar-refractivity contribution in [1.82, 2.24) is 4.98 Å². The fraction of sp³-hybridized carbons (Fsp3) is 0.238. The number of hydrogen-bond acceptors (Lipinski definition) is 4. The van der Waals surface area contributed by atoms with Gasteiger partial charge < -0.3 is 9.15 Å². The SMILES string of the molecule is CCOC(=O)C1C(c2ccccc2)C1c1cccc(-c2cnco2)c1. The second-order valence-electron chi connectivity index (χ2n) is 6.23. The summed E-state index contributed by atoms with van der Waals surface area (Å²) in [6.45, 7) is 2.25. The predicted octanol–water partition coefficient (Wildman–Crippen LogP) is 4.40. The fourth-order valence-corrected chi connectivity index (χ4v) is 3.60. The van der Waals surface area contributed by atoms with E-state index in [1.807, 2.05) is 37.3 Å². The molecule has 0 radical (unpaired) electrons. The molecule has 1 fully saturated rings. The fourth-order valence-electron chi connectivity index (χ4n) is 3.60. The Morgan fingerprint density at radius 1 is 1.08 bits per heavy atom. The van der Waals surface area contributed by atoms with Crippen LogP contribution in [0.15, 0.2) is 71.6 Å². The lowest BCUT2D eigenvalue weighted by Gasteiger charge is -2.03. The lowest BCUT2D eigenvalue weighted by Crippen LogP contribution is -2.08. The number of nitrogens with zero attached hydrogens (tertiary/aromatic N) is 1. The van der Waals surface area contributed by atoms with Gasteiger partial charge in [-0.3, -0.25) is 4.79 Å². The Morgan fingerprint density at radius 2 is 1.84 bits per heavy atom. The first-order valence-electron chi connectivity index (χ1n) is 8.50. The molecule has 3 aromatic rings. The van der Waals surface area contributed by atoms with Gasteiger partial charge in [0, 0.05) is 17.4 Å². The summed E-state index contributed by atoms with van der Waals surface area (Å²) in [5.74, 6) is 0.764. The summed E-state index contributed by atoms with van der Waals surface area (Å²) in [5, 5.41) is 0. The van der Waals surface area contributed by atoms with Crippen LogP contribution in [0.25, 0.3) is 11.3 Å². The molecule has 3 unspecified atom stereocenters. The van der Waals surface area contributed by atoms with E-state index >= 15 is 0 Å². The van der Waals surface area contributed by atoms with Gasteiger partial charge in [-0.15, -0.1) is 0 Å². The van der Waals surface area contributed by atoms with Gasteiger partial charge in [-0.05, 0) is 24.1 Å². The molecule has 1 heterocycles. The monoisotopic (exact) mass is 333 g/mol. The Labute approximate surface area is 146 Å². The smallest absolute Gasteiger partial charge is 0.310 e. The maximum Gasteiger partial charge on any atom is 0.310 e. The van der Waals surface area contributed by atoms with Crippen molar-refractivity contribution in [1.29, 1.82) is 0 Å². The van der Waals surface area contributed by atoms with E-state index in [-0.39, 0.29) is 23.7 Å². The van der Waals surface area contributed by atoms with Gasteiger partial charge in [-0.1, -0.05) is 48.5 Å². The number of benzene rings is 2. The molecule has 0 amide bonds. The summed E-state index contributed by atoms with van der Waals surface area (Å²) >= 11 is 0. The highest BCUT2D eigenvalue weighted by molar-refractivity contribution is 5.80. The molecular weight excluding hydrogens is 314 g/mol. The summed E-state index contributed by atoms with van der Waals surface area (Å²) in [5.41, 5.74) is 3.27. The molecule has 3 atom stereocenters.